The van der Waals surface area contributed by atoms with E-state index < -0.39 is 23.7 Å². The van der Waals surface area contributed by atoms with Gasteiger partial charge in [0.15, 0.2) is 6.10 Å². The highest BCUT2D eigenvalue weighted by molar-refractivity contribution is 7.12. The lowest BCUT2D eigenvalue weighted by molar-refractivity contribution is -0.893. The van der Waals surface area contributed by atoms with Gasteiger partial charge in [-0.15, -0.1) is 22.7 Å². The summed E-state index contributed by atoms with van der Waals surface area (Å²) in [5, 5.41) is 23.9. The Labute approximate surface area is 220 Å². The highest BCUT2D eigenvalue weighted by Crippen LogP contribution is 2.37. The van der Waals surface area contributed by atoms with Crippen molar-refractivity contribution in [3.05, 3.63) is 86.8 Å². The number of quaternary nitrogens is 1. The van der Waals surface area contributed by atoms with E-state index in [4.69, 9.17) is 14.6 Å². The summed E-state index contributed by atoms with van der Waals surface area (Å²) in [6.07, 6.45) is -0.270. The second kappa shape index (κ2) is 12.0. The number of aliphatic carboxylic acids is 1. The van der Waals surface area contributed by atoms with E-state index in [0.717, 1.165) is 30.5 Å². The van der Waals surface area contributed by atoms with Crippen LogP contribution in [-0.2, 0) is 19.9 Å². The Morgan fingerprint density at radius 1 is 1.08 bits per heavy atom. The highest BCUT2D eigenvalue weighted by Gasteiger charge is 2.46. The smallest absolute Gasteiger partial charge is 0.430 e. The maximum atomic E-state index is 13.1. The summed E-state index contributed by atoms with van der Waals surface area (Å²) in [4.78, 5) is 23.1. The van der Waals surface area contributed by atoms with E-state index in [-0.39, 0.29) is 6.10 Å². The molecule has 1 aliphatic rings. The predicted molar refractivity (Wildman–Crippen MR) is 133 cm³/mol. The fourth-order valence-electron chi connectivity index (χ4n) is 3.93. The van der Waals surface area contributed by atoms with E-state index in [0.29, 0.717) is 9.75 Å². The number of alkyl halides is 3. The molecule has 3 heterocycles. The zero-order valence-corrected chi connectivity index (χ0v) is 21.5. The minimum Gasteiger partial charge on any atom is -0.542 e. The molecule has 6 nitrogen and oxygen atoms in total. The third-order valence-corrected chi connectivity index (χ3v) is 7.80. The number of esters is 1. The third-order valence-electron chi connectivity index (χ3n) is 5.85. The molecule has 0 saturated carbocycles. The molecule has 1 saturated heterocycles. The minimum absolute atomic E-state index is 0.195. The van der Waals surface area contributed by atoms with Crippen LogP contribution in [0.2, 0.25) is 0 Å². The Morgan fingerprint density at radius 2 is 1.65 bits per heavy atom. The summed E-state index contributed by atoms with van der Waals surface area (Å²) in [7, 11) is 2.19. The van der Waals surface area contributed by atoms with Crippen LogP contribution in [0.4, 0.5) is 13.2 Å². The van der Waals surface area contributed by atoms with Gasteiger partial charge < -0.3 is 24.2 Å². The number of aliphatic hydroxyl groups is 1. The van der Waals surface area contributed by atoms with Gasteiger partial charge >= 0.3 is 12.1 Å². The molecule has 0 amide bonds. The quantitative estimate of drug-likeness (QED) is 0.355. The minimum atomic E-state index is -5.19. The monoisotopic (exact) mass is 553 g/mol. The number of hydrogen-bond donors (Lipinski definition) is 1. The first kappa shape index (κ1) is 28.6. The average molecular weight is 554 g/mol. The number of thiophene rings is 2. The van der Waals surface area contributed by atoms with Crippen molar-refractivity contribution in [2.24, 2.45) is 0 Å². The number of likely N-dealkylation sites (N-methyl/N-ethyl adjacent to an activating group) is 1. The van der Waals surface area contributed by atoms with Crippen molar-refractivity contribution in [3.8, 4) is 0 Å². The van der Waals surface area contributed by atoms with Gasteiger partial charge in [0, 0.05) is 6.42 Å². The number of hydrogen-bond acceptors (Lipinski definition) is 7. The van der Waals surface area contributed by atoms with E-state index in [1.807, 2.05) is 41.1 Å². The first-order valence-corrected chi connectivity index (χ1v) is 13.0. The van der Waals surface area contributed by atoms with Gasteiger partial charge in [0.2, 0.25) is 5.60 Å². The molecule has 1 aromatic carbocycles. The number of carboxylic acids is 1. The fraction of sp³-hybridized carbons (Fsp3) is 0.308. The van der Waals surface area contributed by atoms with Crippen molar-refractivity contribution >= 4 is 40.7 Å². The Morgan fingerprint density at radius 3 is 2.14 bits per heavy atom. The summed E-state index contributed by atoms with van der Waals surface area (Å²) in [5.74, 6) is -3.59. The maximum absolute atomic E-state index is 13.1. The molecular formula is C26H26F3NO5S2. The summed E-state index contributed by atoms with van der Waals surface area (Å²) in [6.45, 7) is 2.56. The highest BCUT2D eigenvalue weighted by atomic mass is 32.1. The first-order chi connectivity index (χ1) is 17.4. The van der Waals surface area contributed by atoms with E-state index in [1.54, 1.807) is 12.1 Å². The average Bonchev–Trinajstić information content (AvgIpc) is 3.62. The van der Waals surface area contributed by atoms with Crippen molar-refractivity contribution in [2.75, 3.05) is 26.7 Å². The molecular weight excluding hydrogens is 527 g/mol. The number of rotatable bonds is 7. The number of benzene rings is 1. The molecule has 1 aliphatic heterocycles. The largest absolute Gasteiger partial charge is 0.542 e. The predicted octanol–water partition coefficient (Wildman–Crippen LogP) is 3.82. The molecule has 1 N–H and O–H groups in total. The lowest BCUT2D eigenvalue weighted by atomic mass is 10.00. The van der Waals surface area contributed by atoms with Gasteiger partial charge in [-0.2, -0.15) is 13.2 Å². The molecule has 0 bridgehead atoms. The maximum Gasteiger partial charge on any atom is 0.430 e. The van der Waals surface area contributed by atoms with E-state index in [9.17, 15) is 23.1 Å². The van der Waals surface area contributed by atoms with Crippen LogP contribution in [0.5, 0.6) is 0 Å². The SMILES string of the molecule is C[N+]1(CC=Cc2ccccc2)CCC(OC(=O)C(O)(c2cccs2)c2cccs2)C1.O=C([O-])C(F)(F)F. The van der Waals surface area contributed by atoms with E-state index >= 15 is 0 Å². The van der Waals surface area contributed by atoms with Crippen LogP contribution in [-0.4, -0.2) is 60.5 Å². The molecule has 0 radical (unpaired) electrons. The topological polar surface area (TPSA) is 86.7 Å². The number of ether oxygens (including phenoxy) is 1. The van der Waals surface area contributed by atoms with Gasteiger partial charge in [-0.1, -0.05) is 48.5 Å². The van der Waals surface area contributed by atoms with E-state index in [2.05, 4.69) is 31.3 Å². The molecule has 4 rings (SSSR count). The molecule has 3 aromatic rings. The third kappa shape index (κ3) is 7.51. The van der Waals surface area contributed by atoms with Crippen molar-refractivity contribution in [2.45, 2.75) is 24.3 Å². The number of carboxylic acid groups (broad SMARTS) is 1. The van der Waals surface area contributed by atoms with Crippen molar-refractivity contribution < 1.29 is 42.2 Å². The number of likely N-dealkylation sites (tertiary alicyclic amines) is 1. The van der Waals surface area contributed by atoms with Gasteiger partial charge in [-0.25, -0.2) is 4.79 Å². The van der Waals surface area contributed by atoms with E-state index in [1.165, 1.54) is 28.2 Å². The van der Waals surface area contributed by atoms with Gasteiger partial charge in [0.05, 0.1) is 29.9 Å². The number of nitrogens with zero attached hydrogens (tertiary/aromatic N) is 1. The lowest BCUT2D eigenvalue weighted by Crippen LogP contribution is -2.44. The summed E-state index contributed by atoms with van der Waals surface area (Å²) in [5.41, 5.74) is -0.551. The van der Waals surface area contributed by atoms with Gasteiger partial charge in [-0.05, 0) is 34.5 Å². The molecule has 2 atom stereocenters. The second-order valence-electron chi connectivity index (χ2n) is 8.79. The van der Waals surface area contributed by atoms with Gasteiger partial charge in [0.1, 0.15) is 12.5 Å². The molecule has 0 aliphatic carbocycles. The van der Waals surface area contributed by atoms with Crippen LogP contribution in [0.3, 0.4) is 0 Å². The summed E-state index contributed by atoms with van der Waals surface area (Å²) in [6, 6.07) is 17.5. The first-order valence-electron chi connectivity index (χ1n) is 11.3. The van der Waals surface area contributed by atoms with Crippen LogP contribution in [0.1, 0.15) is 21.7 Å². The fourth-order valence-corrected chi connectivity index (χ4v) is 5.64. The molecule has 11 heteroatoms. The Balaban J connectivity index is 0.000000479. The van der Waals surface area contributed by atoms with Crippen LogP contribution in [0, 0.1) is 0 Å². The van der Waals surface area contributed by atoms with Crippen LogP contribution < -0.4 is 5.11 Å². The van der Waals surface area contributed by atoms with Crippen LogP contribution >= 0.6 is 22.7 Å². The number of carbonyl (C=O) groups excluding carboxylic acids is 2. The van der Waals surface area contributed by atoms with Gasteiger partial charge in [0.25, 0.3) is 0 Å². The Kier molecular flexibility index (Phi) is 9.30. The molecule has 198 valence electrons. The van der Waals surface area contributed by atoms with Crippen LogP contribution in [0.25, 0.3) is 6.08 Å². The zero-order valence-electron chi connectivity index (χ0n) is 19.9. The standard InChI is InChI=1S/C24H26NO3S2.C2HF3O2/c1-25(14-5-10-19-8-3-2-4-9-19)15-13-20(18-25)28-23(26)24(27,21-11-6-16-29-21)22-12-7-17-30-22;3-2(4,5)1(6)7/h2-12,16-17,20,27H,13-15,18H2,1H3;(H,6,7)/q+1;/p-1. The van der Waals surface area contributed by atoms with Crippen molar-refractivity contribution in [1.29, 1.82) is 0 Å². The molecule has 2 aromatic heterocycles. The number of halogens is 3. The summed E-state index contributed by atoms with van der Waals surface area (Å²) >= 11 is 2.73. The van der Waals surface area contributed by atoms with Gasteiger partial charge in [-0.3, -0.25) is 0 Å². The van der Waals surface area contributed by atoms with Crippen molar-refractivity contribution in [3.63, 3.8) is 0 Å². The molecule has 1 fully saturated rings. The molecule has 0 spiro atoms. The Hall–Kier alpha value is -2.99. The molecule has 37 heavy (non-hydrogen) atoms. The summed E-state index contributed by atoms with van der Waals surface area (Å²) < 4.78 is 38.2. The Bertz CT molecular complexity index is 1150. The number of carbonyl (C=O) groups is 2. The molecule has 2 unspecified atom stereocenters. The second-order valence-corrected chi connectivity index (χ2v) is 10.7. The van der Waals surface area contributed by atoms with Crippen LogP contribution in [0.15, 0.2) is 71.4 Å². The lowest BCUT2D eigenvalue weighted by Gasteiger charge is -2.29. The zero-order chi connectivity index (χ0) is 27.1. The normalized spacial score (nSPS) is 19.9. The van der Waals surface area contributed by atoms with Crippen molar-refractivity contribution in [1.82, 2.24) is 0 Å².